The molecule has 0 spiro atoms. The van der Waals surface area contributed by atoms with Crippen molar-refractivity contribution < 1.29 is 19.0 Å². The van der Waals surface area contributed by atoms with Crippen molar-refractivity contribution in [2.24, 2.45) is 0 Å². The van der Waals surface area contributed by atoms with Crippen LogP contribution in [0.5, 0.6) is 23.1 Å². The molecule has 0 unspecified atom stereocenters. The van der Waals surface area contributed by atoms with E-state index in [0.717, 1.165) is 16.5 Å². The zero-order chi connectivity index (χ0) is 20.8. The molecule has 3 aromatic carbocycles. The lowest BCUT2D eigenvalue weighted by molar-refractivity contribution is -0.118. The summed E-state index contributed by atoms with van der Waals surface area (Å²) in [5.41, 5.74) is 0.459. The van der Waals surface area contributed by atoms with Crippen LogP contribution >= 0.6 is 0 Å². The van der Waals surface area contributed by atoms with E-state index in [9.17, 15) is 4.79 Å². The Bertz CT molecular complexity index is 1160. The molecule has 4 rings (SSSR count). The number of carbonyl (C=O) groups excluding carboxylic acids is 1. The fraction of sp³-hybridized carbons (Fsp3) is 0.0833. The van der Waals surface area contributed by atoms with Gasteiger partial charge >= 0.3 is 0 Å². The number of benzene rings is 3. The molecule has 1 amide bonds. The number of nitrogens with zero attached hydrogens (tertiary/aromatic N) is 1. The average molecular weight is 400 g/mol. The summed E-state index contributed by atoms with van der Waals surface area (Å²) in [5.74, 6) is 1.92. The average Bonchev–Trinajstić information content (AvgIpc) is 2.79. The van der Waals surface area contributed by atoms with E-state index in [-0.39, 0.29) is 12.5 Å². The summed E-state index contributed by atoms with van der Waals surface area (Å²) < 4.78 is 16.6. The second-order valence-corrected chi connectivity index (χ2v) is 6.48. The smallest absolute Gasteiger partial charge is 0.262 e. The molecule has 30 heavy (non-hydrogen) atoms. The number of ether oxygens (including phenoxy) is 3. The first kappa shape index (κ1) is 19.3. The van der Waals surface area contributed by atoms with Gasteiger partial charge in [0.2, 0.25) is 5.88 Å². The van der Waals surface area contributed by atoms with Gasteiger partial charge in [-0.2, -0.15) is 0 Å². The Labute approximate surface area is 174 Å². The Morgan fingerprint density at radius 3 is 2.40 bits per heavy atom. The molecule has 0 atom stereocenters. The topological polar surface area (TPSA) is 69.7 Å². The summed E-state index contributed by atoms with van der Waals surface area (Å²) in [7, 11) is 1.60. The van der Waals surface area contributed by atoms with Crippen LogP contribution in [0.3, 0.4) is 0 Å². The van der Waals surface area contributed by atoms with Crippen LogP contribution < -0.4 is 19.5 Å². The minimum atomic E-state index is -0.310. The number of methoxy groups -OCH3 is 1. The first-order valence-electron chi connectivity index (χ1n) is 9.39. The number of hydrogen-bond donors (Lipinski definition) is 1. The number of fused-ring (bicyclic) bond motifs is 1. The highest BCUT2D eigenvalue weighted by Crippen LogP contribution is 2.28. The van der Waals surface area contributed by atoms with E-state index in [0.29, 0.717) is 23.1 Å². The molecular formula is C24H20N2O4. The fourth-order valence-electron chi connectivity index (χ4n) is 2.92. The van der Waals surface area contributed by atoms with Crippen LogP contribution in [0.2, 0.25) is 0 Å². The van der Waals surface area contributed by atoms with Gasteiger partial charge in [0, 0.05) is 6.20 Å². The van der Waals surface area contributed by atoms with E-state index in [1.165, 1.54) is 0 Å². The minimum absolute atomic E-state index is 0.130. The maximum atomic E-state index is 12.4. The van der Waals surface area contributed by atoms with Crippen LogP contribution in [-0.4, -0.2) is 24.6 Å². The van der Waals surface area contributed by atoms with Gasteiger partial charge in [0.25, 0.3) is 5.91 Å². The Balaban J connectivity index is 1.40. The molecule has 6 heteroatoms. The van der Waals surface area contributed by atoms with Crippen LogP contribution in [0.1, 0.15) is 0 Å². The summed E-state index contributed by atoms with van der Waals surface area (Å²) in [6.07, 6.45) is 1.60. The van der Waals surface area contributed by atoms with Gasteiger partial charge in [0.05, 0.1) is 7.11 Å². The van der Waals surface area contributed by atoms with Crippen LogP contribution in [-0.2, 0) is 4.79 Å². The fourth-order valence-corrected chi connectivity index (χ4v) is 2.92. The van der Waals surface area contributed by atoms with Gasteiger partial charge in [0.1, 0.15) is 22.9 Å². The highest BCUT2D eigenvalue weighted by molar-refractivity contribution is 5.93. The number of rotatable bonds is 7. The van der Waals surface area contributed by atoms with Crippen molar-refractivity contribution in [1.82, 2.24) is 4.98 Å². The standard InChI is InChI=1S/C24H20N2O4/c1-28-19-10-12-20(13-11-19)30-24-22(7-4-14-25-24)26-23(27)16-29-21-9-8-17-5-2-3-6-18(17)15-21/h2-15H,16H2,1H3,(H,26,27). The van der Waals surface area contributed by atoms with Crippen LogP contribution in [0, 0.1) is 0 Å². The summed E-state index contributed by atoms with van der Waals surface area (Å²) in [4.78, 5) is 16.6. The molecule has 1 aromatic heterocycles. The minimum Gasteiger partial charge on any atom is -0.497 e. The second-order valence-electron chi connectivity index (χ2n) is 6.48. The first-order chi connectivity index (χ1) is 14.7. The van der Waals surface area contributed by atoms with Gasteiger partial charge in [-0.25, -0.2) is 4.98 Å². The predicted octanol–water partition coefficient (Wildman–Crippen LogP) is 5.05. The molecule has 0 saturated heterocycles. The number of carbonyl (C=O) groups is 1. The zero-order valence-electron chi connectivity index (χ0n) is 16.4. The van der Waals surface area contributed by atoms with E-state index >= 15 is 0 Å². The van der Waals surface area contributed by atoms with Crippen LogP contribution in [0.4, 0.5) is 5.69 Å². The van der Waals surface area contributed by atoms with Crippen molar-refractivity contribution in [3.05, 3.63) is 85.1 Å². The molecule has 6 nitrogen and oxygen atoms in total. The third-order valence-electron chi connectivity index (χ3n) is 4.41. The van der Waals surface area contributed by atoms with Gasteiger partial charge in [-0.3, -0.25) is 4.79 Å². The molecule has 0 saturated carbocycles. The molecule has 0 aliphatic heterocycles. The highest BCUT2D eigenvalue weighted by atomic mass is 16.5. The number of nitrogens with one attached hydrogen (secondary N) is 1. The molecule has 1 heterocycles. The van der Waals surface area contributed by atoms with Gasteiger partial charge in [0.15, 0.2) is 6.61 Å². The first-order valence-corrected chi connectivity index (χ1v) is 9.39. The van der Waals surface area contributed by atoms with E-state index in [1.54, 1.807) is 49.7 Å². The third-order valence-corrected chi connectivity index (χ3v) is 4.41. The molecule has 1 N–H and O–H groups in total. The number of pyridine rings is 1. The molecule has 150 valence electrons. The van der Waals surface area contributed by atoms with Gasteiger partial charge in [-0.1, -0.05) is 30.3 Å². The molecule has 0 bridgehead atoms. The Kier molecular flexibility index (Phi) is 5.75. The van der Waals surface area contributed by atoms with E-state index < -0.39 is 0 Å². The van der Waals surface area contributed by atoms with Crippen LogP contribution in [0.15, 0.2) is 85.1 Å². The van der Waals surface area contributed by atoms with Crippen molar-refractivity contribution in [2.45, 2.75) is 0 Å². The quantitative estimate of drug-likeness (QED) is 0.470. The molecule has 0 radical (unpaired) electrons. The maximum Gasteiger partial charge on any atom is 0.262 e. The lowest BCUT2D eigenvalue weighted by Gasteiger charge is -2.12. The zero-order valence-corrected chi connectivity index (χ0v) is 16.4. The summed E-state index contributed by atoms with van der Waals surface area (Å²) in [6, 6.07) is 24.2. The van der Waals surface area contributed by atoms with Gasteiger partial charge < -0.3 is 19.5 Å². The van der Waals surface area contributed by atoms with E-state index in [4.69, 9.17) is 14.2 Å². The molecule has 4 aromatic rings. The van der Waals surface area contributed by atoms with Gasteiger partial charge in [-0.15, -0.1) is 0 Å². The summed E-state index contributed by atoms with van der Waals surface area (Å²) in [6.45, 7) is -0.130. The van der Waals surface area contributed by atoms with E-state index in [1.807, 2.05) is 42.5 Å². The normalized spacial score (nSPS) is 10.4. The van der Waals surface area contributed by atoms with Crippen molar-refractivity contribution in [2.75, 3.05) is 19.0 Å². The molecule has 0 fully saturated rings. The Hall–Kier alpha value is -4.06. The second kappa shape index (κ2) is 8.96. The SMILES string of the molecule is COc1ccc(Oc2ncccc2NC(=O)COc2ccc3ccccc3c2)cc1. The van der Waals surface area contributed by atoms with Crippen molar-refractivity contribution in [3.8, 4) is 23.1 Å². The monoisotopic (exact) mass is 400 g/mol. The molecule has 0 aliphatic rings. The van der Waals surface area contributed by atoms with Crippen molar-refractivity contribution in [3.63, 3.8) is 0 Å². The third kappa shape index (κ3) is 4.67. The molecule has 0 aliphatic carbocycles. The summed E-state index contributed by atoms with van der Waals surface area (Å²) in [5, 5.41) is 4.95. The van der Waals surface area contributed by atoms with E-state index in [2.05, 4.69) is 10.3 Å². The number of amides is 1. The number of anilines is 1. The molecular weight excluding hydrogens is 380 g/mol. The van der Waals surface area contributed by atoms with Crippen molar-refractivity contribution in [1.29, 1.82) is 0 Å². The summed E-state index contributed by atoms with van der Waals surface area (Å²) >= 11 is 0. The number of hydrogen-bond acceptors (Lipinski definition) is 5. The lowest BCUT2D eigenvalue weighted by atomic mass is 10.1. The lowest BCUT2D eigenvalue weighted by Crippen LogP contribution is -2.20. The maximum absolute atomic E-state index is 12.4. The largest absolute Gasteiger partial charge is 0.497 e. The van der Waals surface area contributed by atoms with Crippen molar-refractivity contribution >= 4 is 22.4 Å². The number of aromatic nitrogens is 1. The predicted molar refractivity (Wildman–Crippen MR) is 115 cm³/mol. The Morgan fingerprint density at radius 1 is 0.867 bits per heavy atom. The Morgan fingerprint density at radius 2 is 1.60 bits per heavy atom. The van der Waals surface area contributed by atoms with Gasteiger partial charge in [-0.05, 0) is 59.3 Å². The highest BCUT2D eigenvalue weighted by Gasteiger charge is 2.11. The van der Waals surface area contributed by atoms with Crippen LogP contribution in [0.25, 0.3) is 10.8 Å².